The van der Waals surface area contributed by atoms with Crippen molar-refractivity contribution in [2.75, 3.05) is 18.0 Å². The molecule has 0 saturated carbocycles. The highest BCUT2D eigenvalue weighted by Crippen LogP contribution is 2.38. The number of hydrogen-bond donors (Lipinski definition) is 3. The molecule has 9 nitrogen and oxygen atoms in total. The second kappa shape index (κ2) is 7.48. The first-order valence-electron chi connectivity index (χ1n) is 10.8. The second-order valence-electron chi connectivity index (χ2n) is 8.54. The van der Waals surface area contributed by atoms with E-state index in [-0.39, 0.29) is 5.57 Å². The molecule has 34 heavy (non-hydrogen) atoms. The molecule has 3 aromatic heterocycles. The van der Waals surface area contributed by atoms with Crippen molar-refractivity contribution in [1.82, 2.24) is 20.3 Å². The highest BCUT2D eigenvalue weighted by molar-refractivity contribution is 7.16. The zero-order valence-corrected chi connectivity index (χ0v) is 18.8. The molecule has 10 heteroatoms. The fourth-order valence-corrected chi connectivity index (χ4v) is 5.38. The minimum atomic E-state index is -0.857. The number of imide groups is 1. The summed E-state index contributed by atoms with van der Waals surface area (Å²) in [6.45, 7) is 1.04. The summed E-state index contributed by atoms with van der Waals surface area (Å²) in [7, 11) is 0. The van der Waals surface area contributed by atoms with E-state index < -0.39 is 17.4 Å². The Hall–Kier alpha value is -4.07. The van der Waals surface area contributed by atoms with E-state index >= 15 is 0 Å². The lowest BCUT2D eigenvalue weighted by Gasteiger charge is -2.34. The van der Waals surface area contributed by atoms with E-state index in [2.05, 4.69) is 16.4 Å². The number of piperidine rings is 1. The maximum Gasteiger partial charge on any atom is 0.261 e. The molecule has 4 N–H and O–H groups in total. The Morgan fingerprint density at radius 1 is 1.06 bits per heavy atom. The minimum absolute atomic E-state index is 0.235. The van der Waals surface area contributed by atoms with Crippen LogP contribution in [0.15, 0.2) is 41.9 Å². The van der Waals surface area contributed by atoms with Crippen LogP contribution in [-0.4, -0.2) is 45.4 Å². The average Bonchev–Trinajstić information content (AvgIpc) is 3.53. The molecule has 0 aliphatic carbocycles. The zero-order chi connectivity index (χ0) is 23.4. The van der Waals surface area contributed by atoms with Crippen LogP contribution in [0.3, 0.4) is 0 Å². The third-order valence-corrected chi connectivity index (χ3v) is 7.34. The minimum Gasteiger partial charge on any atom is -0.352 e. The number of anilines is 1. The number of nitrogens with two attached hydrogens (primary N) is 1. The van der Waals surface area contributed by atoms with Gasteiger partial charge in [0, 0.05) is 35.6 Å². The predicted octanol–water partition coefficient (Wildman–Crippen LogP) is 2.56. The number of aromatic nitrogens is 3. The number of nitrogens with zero attached hydrogens (tertiary/aromatic N) is 4. The summed E-state index contributed by atoms with van der Waals surface area (Å²) >= 11 is 1.53. The maximum absolute atomic E-state index is 13.1. The number of nitriles is 1. The van der Waals surface area contributed by atoms with Gasteiger partial charge in [0.1, 0.15) is 10.4 Å². The first-order chi connectivity index (χ1) is 16.5. The molecule has 0 atom stereocenters. The predicted molar refractivity (Wildman–Crippen MR) is 130 cm³/mol. The molecule has 2 aliphatic rings. The monoisotopic (exact) mass is 469 g/mol. The van der Waals surface area contributed by atoms with Gasteiger partial charge in [-0.25, -0.2) is 9.97 Å². The number of benzene rings is 1. The topological polar surface area (TPSA) is 141 Å². The van der Waals surface area contributed by atoms with Crippen molar-refractivity contribution in [3.63, 3.8) is 0 Å². The van der Waals surface area contributed by atoms with Gasteiger partial charge in [0.2, 0.25) is 5.95 Å². The fourth-order valence-electron chi connectivity index (χ4n) is 4.61. The molecule has 0 unspecified atom stereocenters. The van der Waals surface area contributed by atoms with Crippen LogP contribution in [-0.2, 0) is 9.59 Å². The molecule has 168 valence electrons. The molecule has 5 heterocycles. The van der Waals surface area contributed by atoms with Gasteiger partial charge in [0.05, 0.1) is 28.4 Å². The number of carbonyl (C=O) groups excluding carboxylic acids is 2. The summed E-state index contributed by atoms with van der Waals surface area (Å²) < 4.78 is 0. The Kier molecular flexibility index (Phi) is 4.52. The van der Waals surface area contributed by atoms with Gasteiger partial charge in [-0.05, 0) is 30.4 Å². The molecule has 0 bridgehead atoms. The van der Waals surface area contributed by atoms with Crippen molar-refractivity contribution in [3.05, 3.63) is 53.2 Å². The molecule has 6 rings (SSSR count). The number of H-pyrrole nitrogens is 1. The van der Waals surface area contributed by atoms with Gasteiger partial charge < -0.3 is 15.6 Å². The van der Waals surface area contributed by atoms with Crippen LogP contribution in [0.4, 0.5) is 5.95 Å². The Bertz CT molecular complexity index is 1570. The largest absolute Gasteiger partial charge is 0.352 e. The molecular formula is C24H19N7O2S. The second-order valence-corrected chi connectivity index (χ2v) is 9.46. The summed E-state index contributed by atoms with van der Waals surface area (Å²) in [5.74, 6) is -0.484. The van der Waals surface area contributed by atoms with Crippen LogP contribution in [0.5, 0.6) is 0 Å². The molecule has 1 fully saturated rings. The highest BCUT2D eigenvalue weighted by Gasteiger charge is 2.37. The van der Waals surface area contributed by atoms with Crippen molar-refractivity contribution in [2.24, 2.45) is 5.73 Å². The van der Waals surface area contributed by atoms with Gasteiger partial charge in [-0.3, -0.25) is 14.9 Å². The Morgan fingerprint density at radius 3 is 2.62 bits per heavy atom. The summed E-state index contributed by atoms with van der Waals surface area (Å²) in [6.07, 6.45) is 2.73. The lowest BCUT2D eigenvalue weighted by molar-refractivity contribution is -0.122. The fraction of sp³-hybridized carbons (Fsp3) is 0.208. The lowest BCUT2D eigenvalue weighted by atomic mass is 9.90. The highest BCUT2D eigenvalue weighted by atomic mass is 32.1. The van der Waals surface area contributed by atoms with E-state index in [1.54, 1.807) is 6.20 Å². The van der Waals surface area contributed by atoms with Gasteiger partial charge >= 0.3 is 0 Å². The van der Waals surface area contributed by atoms with Gasteiger partial charge in [-0.15, -0.1) is 11.3 Å². The molecule has 2 aliphatic heterocycles. The van der Waals surface area contributed by atoms with Crippen molar-refractivity contribution in [3.8, 4) is 6.07 Å². The SMILES string of the molecule is N#CC1(N)CCN(c2nc(C3=C(c4c[nH]c5sccc45)C(=O)NC3=O)c3ccccc3n2)CC1. The summed E-state index contributed by atoms with van der Waals surface area (Å²) in [6, 6.07) is 11.6. The number of aromatic amines is 1. The van der Waals surface area contributed by atoms with E-state index in [4.69, 9.17) is 15.7 Å². The number of nitrogens with one attached hydrogen (secondary N) is 2. The van der Waals surface area contributed by atoms with Gasteiger partial charge in [0.25, 0.3) is 11.8 Å². The lowest BCUT2D eigenvalue weighted by Crippen LogP contribution is -2.49. The molecule has 4 aromatic rings. The number of thiophene rings is 1. The molecule has 0 radical (unpaired) electrons. The third-order valence-electron chi connectivity index (χ3n) is 6.49. The normalized spacial score (nSPS) is 18.1. The quantitative estimate of drug-likeness (QED) is 0.392. The molecule has 2 amide bonds. The van der Waals surface area contributed by atoms with Gasteiger partial charge in [-0.2, -0.15) is 5.26 Å². The Labute approximate surface area is 197 Å². The maximum atomic E-state index is 13.1. The smallest absolute Gasteiger partial charge is 0.261 e. The summed E-state index contributed by atoms with van der Waals surface area (Å²) in [4.78, 5) is 41.7. The van der Waals surface area contributed by atoms with Crippen LogP contribution >= 0.6 is 11.3 Å². The van der Waals surface area contributed by atoms with Crippen LogP contribution in [0.1, 0.15) is 24.1 Å². The van der Waals surface area contributed by atoms with Crippen LogP contribution in [0, 0.1) is 11.3 Å². The van der Waals surface area contributed by atoms with E-state index in [1.165, 1.54) is 11.3 Å². The Balaban J connectivity index is 1.55. The first-order valence-corrected chi connectivity index (χ1v) is 11.7. The average molecular weight is 470 g/mol. The molecule has 1 aromatic carbocycles. The van der Waals surface area contributed by atoms with Crippen molar-refractivity contribution >= 4 is 61.4 Å². The number of hydrogen-bond acceptors (Lipinski definition) is 8. The van der Waals surface area contributed by atoms with Gasteiger partial charge in [0.15, 0.2) is 0 Å². The standard InChI is InChI=1S/C24H19N7O2S/c25-12-24(26)6-8-31(9-7-24)23-28-16-4-2-1-3-14(16)19(29-23)18-17(20(32)30-21(18)33)15-11-27-22-13(15)5-10-34-22/h1-5,10-11,27H,6-9,26H2,(H,30,32,33). The van der Waals surface area contributed by atoms with Crippen LogP contribution < -0.4 is 16.0 Å². The number of fused-ring (bicyclic) bond motifs is 2. The van der Waals surface area contributed by atoms with E-state index in [9.17, 15) is 14.9 Å². The van der Waals surface area contributed by atoms with Crippen LogP contribution in [0.25, 0.3) is 32.3 Å². The number of carbonyl (C=O) groups is 2. The van der Waals surface area contributed by atoms with Crippen molar-refractivity contribution in [2.45, 2.75) is 18.4 Å². The number of rotatable bonds is 3. The first kappa shape index (κ1) is 20.5. The third kappa shape index (κ3) is 3.09. The zero-order valence-electron chi connectivity index (χ0n) is 18.0. The number of amides is 2. The van der Waals surface area contributed by atoms with E-state index in [1.807, 2.05) is 40.6 Å². The molecular weight excluding hydrogens is 450 g/mol. The van der Waals surface area contributed by atoms with Crippen LogP contribution in [0.2, 0.25) is 0 Å². The van der Waals surface area contributed by atoms with Crippen molar-refractivity contribution < 1.29 is 9.59 Å². The Morgan fingerprint density at radius 2 is 1.82 bits per heavy atom. The molecule has 1 saturated heterocycles. The van der Waals surface area contributed by atoms with Crippen molar-refractivity contribution in [1.29, 1.82) is 5.26 Å². The summed E-state index contributed by atoms with van der Waals surface area (Å²) in [5.41, 5.74) is 7.55. The van der Waals surface area contributed by atoms with Gasteiger partial charge in [-0.1, -0.05) is 18.2 Å². The molecule has 0 spiro atoms. The number of para-hydroxylation sites is 1. The van der Waals surface area contributed by atoms with E-state index in [0.717, 1.165) is 10.2 Å². The van der Waals surface area contributed by atoms with E-state index in [0.29, 0.717) is 59.6 Å². The summed E-state index contributed by atoms with van der Waals surface area (Å²) in [5, 5.41) is 15.3.